The molecule has 0 fully saturated rings. The van der Waals surface area contributed by atoms with Gasteiger partial charge in [0.15, 0.2) is 0 Å². The maximum absolute atomic E-state index is 5.35. The van der Waals surface area contributed by atoms with Crippen LogP contribution in [-0.4, -0.2) is 0 Å². The molecule has 0 N–H and O–H groups in total. The highest BCUT2D eigenvalue weighted by atomic mass is 14.1. The topological polar surface area (TPSA) is 0 Å². The fraction of sp³-hybridized carbons (Fsp3) is 0.111. The lowest BCUT2D eigenvalue weighted by molar-refractivity contribution is 0.922. The third kappa shape index (κ3) is 2.45. The van der Waals surface area contributed by atoms with E-state index in [0.717, 1.165) is 11.1 Å². The van der Waals surface area contributed by atoms with Gasteiger partial charge in [-0.1, -0.05) is 43.0 Å². The van der Waals surface area contributed by atoms with Gasteiger partial charge in [0.2, 0.25) is 0 Å². The van der Waals surface area contributed by atoms with Crippen LogP contribution in [-0.2, 0) is 0 Å². The maximum atomic E-state index is 5.35. The summed E-state index contributed by atoms with van der Waals surface area (Å²) >= 11 is 0. The summed E-state index contributed by atoms with van der Waals surface area (Å²) in [5.74, 6) is 5.59. The number of hydrogen-bond donors (Lipinski definition) is 0. The van der Waals surface area contributed by atoms with Crippen molar-refractivity contribution in [1.29, 1.82) is 0 Å². The van der Waals surface area contributed by atoms with Crippen LogP contribution in [0, 0.1) is 24.7 Å². The summed E-state index contributed by atoms with van der Waals surface area (Å²) in [6.07, 6.45) is 10.7. The van der Waals surface area contributed by atoms with Gasteiger partial charge in [-0.15, -0.1) is 12.8 Å². The van der Waals surface area contributed by atoms with Crippen LogP contribution >= 0.6 is 0 Å². The third-order valence-corrected chi connectivity index (χ3v) is 3.15. The molecule has 0 aliphatic rings. The molecule has 2 aromatic rings. The fourth-order valence-corrected chi connectivity index (χ4v) is 1.93. The molecule has 0 bridgehead atoms. The van der Waals surface area contributed by atoms with Crippen molar-refractivity contribution in [3.63, 3.8) is 0 Å². The minimum absolute atomic E-state index is 0.337. The van der Waals surface area contributed by atoms with Crippen LogP contribution < -0.4 is 0 Å². The van der Waals surface area contributed by atoms with E-state index in [-0.39, 0.29) is 0 Å². The van der Waals surface area contributed by atoms with Crippen molar-refractivity contribution < 1.29 is 0 Å². The molecule has 86 valence electrons. The molecule has 0 amide bonds. The number of rotatable bonds is 2. The highest BCUT2D eigenvalue weighted by Gasteiger charge is 2.07. The second-order valence-electron chi connectivity index (χ2n) is 4.25. The van der Waals surface area contributed by atoms with Gasteiger partial charge < -0.3 is 0 Å². The van der Waals surface area contributed by atoms with Crippen LogP contribution in [0.4, 0.5) is 0 Å². The molecule has 0 atom stereocenters. The van der Waals surface area contributed by atoms with E-state index in [0.29, 0.717) is 5.92 Å². The Kier molecular flexibility index (Phi) is 3.52. The van der Waals surface area contributed by atoms with Crippen molar-refractivity contribution in [3.05, 3.63) is 70.8 Å². The van der Waals surface area contributed by atoms with Gasteiger partial charge in [-0.2, -0.15) is 0 Å². The van der Waals surface area contributed by atoms with Gasteiger partial charge in [0, 0.05) is 17.0 Å². The molecule has 0 saturated heterocycles. The Bertz CT molecular complexity index is 544. The van der Waals surface area contributed by atoms with Crippen molar-refractivity contribution >= 4 is 0 Å². The molecule has 2 aromatic carbocycles. The molecular weight excluding hydrogens is 216 g/mol. The van der Waals surface area contributed by atoms with E-state index in [4.69, 9.17) is 12.8 Å². The van der Waals surface area contributed by atoms with Crippen molar-refractivity contribution in [3.8, 4) is 24.7 Å². The highest BCUT2D eigenvalue weighted by molar-refractivity contribution is 5.41. The largest absolute Gasteiger partial charge is 0.115 e. The Morgan fingerprint density at radius 2 is 1.06 bits per heavy atom. The summed E-state index contributed by atoms with van der Waals surface area (Å²) in [4.78, 5) is 0. The van der Waals surface area contributed by atoms with E-state index in [1.165, 1.54) is 11.1 Å². The lowest BCUT2D eigenvalue weighted by atomic mass is 9.92. The second kappa shape index (κ2) is 5.26. The molecule has 0 nitrogen and oxygen atoms in total. The molecule has 0 aliphatic carbocycles. The SMILES string of the molecule is C#Cc1ccc(C(C)c2ccc(C#C)cc2)cc1. The summed E-state index contributed by atoms with van der Waals surface area (Å²) in [7, 11) is 0. The average molecular weight is 230 g/mol. The number of hydrogen-bond acceptors (Lipinski definition) is 0. The zero-order valence-corrected chi connectivity index (χ0v) is 10.4. The minimum Gasteiger partial charge on any atom is -0.115 e. The number of terminal acetylenes is 2. The summed E-state index contributed by atoms with van der Waals surface area (Å²) in [6, 6.07) is 16.2. The number of benzene rings is 2. The summed E-state index contributed by atoms with van der Waals surface area (Å²) in [6.45, 7) is 2.18. The van der Waals surface area contributed by atoms with Gasteiger partial charge in [-0.05, 0) is 35.4 Å². The first-order valence-corrected chi connectivity index (χ1v) is 5.87. The van der Waals surface area contributed by atoms with Crippen LogP contribution in [0.25, 0.3) is 0 Å². The maximum Gasteiger partial charge on any atom is 0.0242 e. The Morgan fingerprint density at radius 3 is 1.33 bits per heavy atom. The predicted molar refractivity (Wildman–Crippen MR) is 76.3 cm³/mol. The molecule has 0 aliphatic heterocycles. The Morgan fingerprint density at radius 1 is 0.722 bits per heavy atom. The molecule has 0 radical (unpaired) electrons. The Balaban J connectivity index is 2.27. The smallest absolute Gasteiger partial charge is 0.0242 e. The molecule has 0 heteroatoms. The van der Waals surface area contributed by atoms with E-state index in [2.05, 4.69) is 43.0 Å². The van der Waals surface area contributed by atoms with E-state index in [1.54, 1.807) is 0 Å². The lowest BCUT2D eigenvalue weighted by Gasteiger charge is -2.12. The Hall–Kier alpha value is -2.44. The summed E-state index contributed by atoms with van der Waals surface area (Å²) in [5.41, 5.74) is 4.33. The molecule has 0 unspecified atom stereocenters. The zero-order chi connectivity index (χ0) is 13.0. The van der Waals surface area contributed by atoms with Gasteiger partial charge in [-0.25, -0.2) is 0 Å². The molecule has 0 aromatic heterocycles. The van der Waals surface area contributed by atoms with Gasteiger partial charge >= 0.3 is 0 Å². The van der Waals surface area contributed by atoms with Crippen molar-refractivity contribution in [1.82, 2.24) is 0 Å². The van der Waals surface area contributed by atoms with Crippen LogP contribution in [0.3, 0.4) is 0 Å². The molecule has 18 heavy (non-hydrogen) atoms. The van der Waals surface area contributed by atoms with Crippen molar-refractivity contribution in [2.75, 3.05) is 0 Å². The first kappa shape index (κ1) is 12.0. The Labute approximate surface area is 109 Å². The van der Waals surface area contributed by atoms with Crippen molar-refractivity contribution in [2.45, 2.75) is 12.8 Å². The first-order chi connectivity index (χ1) is 8.74. The van der Waals surface area contributed by atoms with Crippen molar-refractivity contribution in [2.24, 2.45) is 0 Å². The standard InChI is InChI=1S/C18H14/c1-4-15-6-10-17(11-7-15)14(3)18-12-8-16(5-2)9-13-18/h1-2,6-14H,3H3. The minimum atomic E-state index is 0.337. The summed E-state index contributed by atoms with van der Waals surface area (Å²) in [5, 5.41) is 0. The average Bonchev–Trinajstić information content (AvgIpc) is 2.47. The van der Waals surface area contributed by atoms with E-state index in [9.17, 15) is 0 Å². The fourth-order valence-electron chi connectivity index (χ4n) is 1.93. The van der Waals surface area contributed by atoms with Crippen LogP contribution in [0.5, 0.6) is 0 Å². The second-order valence-corrected chi connectivity index (χ2v) is 4.25. The molecule has 0 heterocycles. The highest BCUT2D eigenvalue weighted by Crippen LogP contribution is 2.24. The molecule has 0 spiro atoms. The predicted octanol–water partition coefficient (Wildman–Crippen LogP) is 3.80. The van der Waals surface area contributed by atoms with E-state index >= 15 is 0 Å². The van der Waals surface area contributed by atoms with Gasteiger partial charge in [0.1, 0.15) is 0 Å². The van der Waals surface area contributed by atoms with E-state index in [1.807, 2.05) is 24.3 Å². The molecule has 0 saturated carbocycles. The summed E-state index contributed by atoms with van der Waals surface area (Å²) < 4.78 is 0. The van der Waals surface area contributed by atoms with Crippen LogP contribution in [0.2, 0.25) is 0 Å². The van der Waals surface area contributed by atoms with Gasteiger partial charge in [0.05, 0.1) is 0 Å². The monoisotopic (exact) mass is 230 g/mol. The zero-order valence-electron chi connectivity index (χ0n) is 10.4. The van der Waals surface area contributed by atoms with Crippen LogP contribution in [0.15, 0.2) is 48.5 Å². The first-order valence-electron chi connectivity index (χ1n) is 5.87. The van der Waals surface area contributed by atoms with E-state index < -0.39 is 0 Å². The molecular formula is C18H14. The third-order valence-electron chi connectivity index (χ3n) is 3.15. The normalized spacial score (nSPS) is 9.78. The quantitative estimate of drug-likeness (QED) is 0.688. The van der Waals surface area contributed by atoms with Gasteiger partial charge in [-0.3, -0.25) is 0 Å². The molecule has 2 rings (SSSR count). The lowest BCUT2D eigenvalue weighted by Crippen LogP contribution is -1.96. The van der Waals surface area contributed by atoms with Gasteiger partial charge in [0.25, 0.3) is 0 Å². The van der Waals surface area contributed by atoms with Crippen LogP contribution in [0.1, 0.15) is 35.1 Å².